The Bertz CT molecular complexity index is 834. The van der Waals surface area contributed by atoms with Crippen LogP contribution in [0.15, 0.2) is 72.9 Å². The number of carbonyl (C=O) groups excluding carboxylic acids is 1. The van der Waals surface area contributed by atoms with Crippen molar-refractivity contribution in [2.75, 3.05) is 0 Å². The maximum Gasteiger partial charge on any atom is 0.163 e. The molecule has 3 rings (SSSR count). The van der Waals surface area contributed by atoms with Crippen LogP contribution in [0.2, 0.25) is 0 Å². The van der Waals surface area contributed by atoms with Gasteiger partial charge in [0.1, 0.15) is 0 Å². The van der Waals surface area contributed by atoms with Crippen LogP contribution in [0, 0.1) is 0 Å². The highest BCUT2D eigenvalue weighted by molar-refractivity contribution is 5.97. The Morgan fingerprint density at radius 3 is 2.48 bits per heavy atom. The fourth-order valence-corrected chi connectivity index (χ4v) is 2.66. The number of hydrogen-bond acceptors (Lipinski definition) is 3. The molecule has 25 heavy (non-hydrogen) atoms. The lowest BCUT2D eigenvalue weighted by Gasteiger charge is -2.06. The van der Waals surface area contributed by atoms with Gasteiger partial charge in [-0.15, -0.1) is 12.4 Å². The van der Waals surface area contributed by atoms with Gasteiger partial charge in [-0.3, -0.25) is 9.78 Å². The third-order valence-electron chi connectivity index (χ3n) is 4.02. The molecule has 4 heteroatoms. The summed E-state index contributed by atoms with van der Waals surface area (Å²) in [6, 6.07) is 21.6. The van der Waals surface area contributed by atoms with Gasteiger partial charge in [-0.25, -0.2) is 0 Å². The smallest absolute Gasteiger partial charge is 0.163 e. The van der Waals surface area contributed by atoms with Crippen molar-refractivity contribution in [3.05, 3.63) is 89.6 Å². The Kier molecular flexibility index (Phi) is 6.87. The number of ketones is 1. The van der Waals surface area contributed by atoms with E-state index in [2.05, 4.69) is 4.98 Å². The van der Waals surface area contributed by atoms with Gasteiger partial charge in [0.15, 0.2) is 5.78 Å². The Labute approximate surface area is 154 Å². The van der Waals surface area contributed by atoms with Gasteiger partial charge >= 0.3 is 0 Å². The number of aromatic nitrogens is 1. The van der Waals surface area contributed by atoms with Gasteiger partial charge in [-0.2, -0.15) is 0 Å². The molecule has 2 N–H and O–H groups in total. The van der Waals surface area contributed by atoms with Crippen molar-refractivity contribution in [3.8, 4) is 11.3 Å². The van der Waals surface area contributed by atoms with Gasteiger partial charge in [-0.1, -0.05) is 48.5 Å². The van der Waals surface area contributed by atoms with E-state index in [-0.39, 0.29) is 18.2 Å². The van der Waals surface area contributed by atoms with Gasteiger partial charge in [0.05, 0.1) is 5.69 Å². The molecule has 0 atom stereocenters. The predicted molar refractivity (Wildman–Crippen MR) is 104 cm³/mol. The van der Waals surface area contributed by atoms with Crippen LogP contribution in [0.1, 0.15) is 27.9 Å². The minimum absolute atomic E-state index is 0. The van der Waals surface area contributed by atoms with Gasteiger partial charge in [0, 0.05) is 30.3 Å². The maximum absolute atomic E-state index is 12.5. The molecule has 0 saturated carbocycles. The number of carbonyl (C=O) groups is 1. The van der Waals surface area contributed by atoms with E-state index in [1.165, 1.54) is 5.56 Å². The monoisotopic (exact) mass is 352 g/mol. The first kappa shape index (κ1) is 18.8. The maximum atomic E-state index is 12.5. The van der Waals surface area contributed by atoms with Gasteiger partial charge < -0.3 is 5.73 Å². The predicted octanol–water partition coefficient (Wildman–Crippen LogP) is 4.44. The molecule has 0 unspecified atom stereocenters. The lowest BCUT2D eigenvalue weighted by Crippen LogP contribution is -2.02. The summed E-state index contributed by atoms with van der Waals surface area (Å²) < 4.78 is 0. The molecule has 0 radical (unpaired) electrons. The summed E-state index contributed by atoms with van der Waals surface area (Å²) in [6.45, 7) is 0.477. The summed E-state index contributed by atoms with van der Waals surface area (Å²) in [5, 5.41) is 0. The highest BCUT2D eigenvalue weighted by Gasteiger charge is 2.08. The zero-order valence-electron chi connectivity index (χ0n) is 13.9. The molecule has 0 fully saturated rings. The Morgan fingerprint density at radius 2 is 1.72 bits per heavy atom. The zero-order chi connectivity index (χ0) is 16.8. The summed E-state index contributed by atoms with van der Waals surface area (Å²) in [5.74, 6) is 0.149. The second kappa shape index (κ2) is 9.11. The number of nitrogens with zero attached hydrogens (tertiary/aromatic N) is 1. The van der Waals surface area contributed by atoms with Crippen LogP contribution in [-0.4, -0.2) is 10.8 Å². The number of benzene rings is 2. The zero-order valence-corrected chi connectivity index (χ0v) is 14.7. The number of nitrogens with two attached hydrogens (primary N) is 1. The first-order chi connectivity index (χ1) is 11.8. The number of hydrogen-bond donors (Lipinski definition) is 1. The Balaban J connectivity index is 0.00000225. The van der Waals surface area contributed by atoms with Crippen molar-refractivity contribution >= 4 is 18.2 Å². The second-order valence-corrected chi connectivity index (χ2v) is 5.74. The Hall–Kier alpha value is -2.49. The van der Waals surface area contributed by atoms with Gasteiger partial charge in [0.2, 0.25) is 0 Å². The highest BCUT2D eigenvalue weighted by atomic mass is 35.5. The van der Waals surface area contributed by atoms with Crippen LogP contribution in [0.5, 0.6) is 0 Å². The van der Waals surface area contributed by atoms with E-state index in [0.717, 1.165) is 28.8 Å². The molecule has 3 nitrogen and oxygen atoms in total. The van der Waals surface area contributed by atoms with Crippen molar-refractivity contribution < 1.29 is 4.79 Å². The van der Waals surface area contributed by atoms with Crippen molar-refractivity contribution in [2.24, 2.45) is 5.73 Å². The molecular weight excluding hydrogens is 332 g/mol. The van der Waals surface area contributed by atoms with Crippen molar-refractivity contribution in [1.82, 2.24) is 4.98 Å². The summed E-state index contributed by atoms with van der Waals surface area (Å²) in [6.07, 6.45) is 3.01. The normalized spacial score (nSPS) is 10.1. The molecule has 0 spiro atoms. The average molecular weight is 353 g/mol. The van der Waals surface area contributed by atoms with E-state index < -0.39 is 0 Å². The lowest BCUT2D eigenvalue weighted by molar-refractivity contribution is 0.0983. The van der Waals surface area contributed by atoms with Crippen LogP contribution >= 0.6 is 12.4 Å². The fraction of sp³-hybridized carbons (Fsp3) is 0.143. The highest BCUT2D eigenvalue weighted by Crippen LogP contribution is 2.20. The largest absolute Gasteiger partial charge is 0.326 e. The first-order valence-electron chi connectivity index (χ1n) is 8.09. The van der Waals surface area contributed by atoms with Crippen LogP contribution in [-0.2, 0) is 13.0 Å². The van der Waals surface area contributed by atoms with Gasteiger partial charge in [-0.05, 0) is 35.7 Å². The number of pyridine rings is 1. The molecule has 0 bridgehead atoms. The number of rotatable bonds is 6. The number of Topliss-reactive ketones (excluding diaryl/α,β-unsaturated/α-hetero) is 1. The average Bonchev–Trinajstić information content (AvgIpc) is 2.67. The van der Waals surface area contributed by atoms with E-state index in [1.54, 1.807) is 6.20 Å². The van der Waals surface area contributed by atoms with Crippen molar-refractivity contribution in [1.29, 1.82) is 0 Å². The number of halogens is 1. The van der Waals surface area contributed by atoms with Crippen LogP contribution in [0.25, 0.3) is 11.3 Å². The molecule has 0 aliphatic heterocycles. The summed E-state index contributed by atoms with van der Waals surface area (Å²) in [4.78, 5) is 16.9. The Morgan fingerprint density at radius 1 is 0.920 bits per heavy atom. The third-order valence-corrected chi connectivity index (χ3v) is 4.02. The standard InChI is InChI=1S/C21H20N2O.ClH/c22-15-17-11-12-23-20(13-17)18-7-4-8-19(14-18)21(24)10-9-16-5-2-1-3-6-16;/h1-8,11-14H,9-10,15,22H2;1H. The minimum Gasteiger partial charge on any atom is -0.326 e. The summed E-state index contributed by atoms with van der Waals surface area (Å²) in [5.41, 5.74) is 10.4. The molecule has 1 aromatic heterocycles. The van der Waals surface area contributed by atoms with Crippen molar-refractivity contribution in [3.63, 3.8) is 0 Å². The van der Waals surface area contributed by atoms with E-state index in [4.69, 9.17) is 5.73 Å². The third kappa shape index (κ3) is 4.99. The summed E-state index contributed by atoms with van der Waals surface area (Å²) in [7, 11) is 0. The molecule has 0 aliphatic rings. The van der Waals surface area contributed by atoms with Crippen LogP contribution in [0.4, 0.5) is 0 Å². The van der Waals surface area contributed by atoms with Crippen LogP contribution < -0.4 is 5.73 Å². The van der Waals surface area contributed by atoms with E-state index in [0.29, 0.717) is 13.0 Å². The SMILES string of the molecule is Cl.NCc1ccnc(-c2cccc(C(=O)CCc3ccccc3)c2)c1. The topological polar surface area (TPSA) is 56.0 Å². The van der Waals surface area contributed by atoms with E-state index in [9.17, 15) is 4.79 Å². The van der Waals surface area contributed by atoms with E-state index >= 15 is 0 Å². The molecule has 0 saturated heterocycles. The van der Waals surface area contributed by atoms with Gasteiger partial charge in [0.25, 0.3) is 0 Å². The first-order valence-corrected chi connectivity index (χ1v) is 8.09. The number of aryl methyl sites for hydroxylation is 1. The second-order valence-electron chi connectivity index (χ2n) is 5.74. The minimum atomic E-state index is 0. The summed E-state index contributed by atoms with van der Waals surface area (Å²) >= 11 is 0. The van der Waals surface area contributed by atoms with E-state index in [1.807, 2.05) is 66.7 Å². The molecular formula is C21H21ClN2O. The quantitative estimate of drug-likeness (QED) is 0.667. The lowest BCUT2D eigenvalue weighted by atomic mass is 10.00. The molecule has 1 heterocycles. The molecule has 3 aromatic rings. The van der Waals surface area contributed by atoms with Crippen LogP contribution in [0.3, 0.4) is 0 Å². The molecule has 0 amide bonds. The van der Waals surface area contributed by atoms with Crippen molar-refractivity contribution in [2.45, 2.75) is 19.4 Å². The molecule has 2 aromatic carbocycles. The molecule has 128 valence electrons. The molecule has 0 aliphatic carbocycles. The fourth-order valence-electron chi connectivity index (χ4n) is 2.66.